The van der Waals surface area contributed by atoms with E-state index in [0.717, 1.165) is 22.0 Å². The van der Waals surface area contributed by atoms with Crippen LogP contribution in [0.5, 0.6) is 5.88 Å². The maximum Gasteiger partial charge on any atom is 0.338 e. The zero-order valence-corrected chi connectivity index (χ0v) is 16.0. The van der Waals surface area contributed by atoms with Gasteiger partial charge in [-0.3, -0.25) is 19.0 Å². The number of carbonyl (C=O) groups excluding carboxylic acids is 1. The van der Waals surface area contributed by atoms with E-state index in [1.807, 2.05) is 0 Å². The first-order chi connectivity index (χ1) is 13.8. The number of carboxylic acids is 1. The highest BCUT2D eigenvalue weighted by molar-refractivity contribution is 5.97. The number of amides is 1. The summed E-state index contributed by atoms with van der Waals surface area (Å²) in [6.07, 6.45) is 7.84. The van der Waals surface area contributed by atoms with Crippen molar-refractivity contribution in [2.24, 2.45) is 5.92 Å². The second kappa shape index (κ2) is 8.48. The fourth-order valence-electron chi connectivity index (χ4n) is 3.16. The molecule has 0 aliphatic heterocycles. The first-order valence-electron chi connectivity index (χ1n) is 9.33. The van der Waals surface area contributed by atoms with Gasteiger partial charge >= 0.3 is 11.7 Å². The molecular weight excluding hydrogens is 382 g/mol. The molecule has 2 aliphatic carbocycles. The number of hydrogen-bond donors (Lipinski definition) is 3. The Morgan fingerprint density at radius 2 is 2.03 bits per heavy atom. The van der Waals surface area contributed by atoms with Gasteiger partial charge in [0.25, 0.3) is 11.5 Å². The molecule has 0 spiro atoms. The third-order valence-corrected chi connectivity index (χ3v) is 5.00. The van der Waals surface area contributed by atoms with Crippen molar-refractivity contribution in [3.05, 3.63) is 44.6 Å². The zero-order chi connectivity index (χ0) is 21.1. The van der Waals surface area contributed by atoms with Crippen LogP contribution in [0.25, 0.3) is 5.70 Å². The van der Waals surface area contributed by atoms with Crippen LogP contribution in [0.15, 0.2) is 27.8 Å². The number of hydrogen-bond acceptors (Lipinski definition) is 6. The van der Waals surface area contributed by atoms with E-state index in [0.29, 0.717) is 24.5 Å². The molecule has 1 aromatic rings. The average molecular weight is 405 g/mol. The molecule has 156 valence electrons. The third-order valence-electron chi connectivity index (χ3n) is 5.00. The first kappa shape index (κ1) is 20.6. The highest BCUT2D eigenvalue weighted by Gasteiger charge is 2.28. The molecule has 1 heterocycles. The third kappa shape index (κ3) is 4.48. The molecule has 1 amide bonds. The van der Waals surface area contributed by atoms with Crippen LogP contribution in [-0.2, 0) is 16.1 Å². The number of aliphatic carboxylic acids is 1. The van der Waals surface area contributed by atoms with Crippen LogP contribution in [0.3, 0.4) is 0 Å². The lowest BCUT2D eigenvalue weighted by molar-refractivity contribution is -0.135. The largest absolute Gasteiger partial charge is 0.493 e. The molecule has 3 N–H and O–H groups in total. The van der Waals surface area contributed by atoms with Gasteiger partial charge in [-0.2, -0.15) is 0 Å². The molecule has 0 radical (unpaired) electrons. The summed E-state index contributed by atoms with van der Waals surface area (Å²) in [5.74, 6) is -2.75. The second-order valence-electron chi connectivity index (χ2n) is 7.08. The van der Waals surface area contributed by atoms with E-state index in [1.54, 1.807) is 25.3 Å². The Morgan fingerprint density at radius 3 is 2.59 bits per heavy atom. The highest BCUT2D eigenvalue weighted by Crippen LogP contribution is 2.32. The topological polar surface area (TPSA) is 140 Å². The van der Waals surface area contributed by atoms with E-state index in [1.165, 1.54) is 0 Å². The average Bonchev–Trinajstić information content (AvgIpc) is 3.51. The molecule has 0 saturated heterocycles. The fraction of sp³-hybridized carbons (Fsp3) is 0.474. The Balaban J connectivity index is 2.08. The molecule has 0 aromatic carbocycles. The van der Waals surface area contributed by atoms with Gasteiger partial charge in [0, 0.05) is 19.4 Å². The summed E-state index contributed by atoms with van der Waals surface area (Å²) < 4.78 is 7.03. The predicted molar refractivity (Wildman–Crippen MR) is 103 cm³/mol. The summed E-state index contributed by atoms with van der Waals surface area (Å²) in [7, 11) is 1.54. The quantitative estimate of drug-likeness (QED) is 0.559. The van der Waals surface area contributed by atoms with Crippen LogP contribution in [0.2, 0.25) is 0 Å². The number of allylic oxidation sites excluding steroid dienone is 2. The summed E-state index contributed by atoms with van der Waals surface area (Å²) >= 11 is 0. The Hall–Kier alpha value is -3.14. The van der Waals surface area contributed by atoms with Crippen molar-refractivity contribution < 1.29 is 24.5 Å². The number of nitrogens with zero attached hydrogens (tertiary/aromatic N) is 2. The van der Waals surface area contributed by atoms with Crippen molar-refractivity contribution in [3.8, 4) is 5.88 Å². The van der Waals surface area contributed by atoms with Gasteiger partial charge in [-0.15, -0.1) is 0 Å². The predicted octanol–water partition coefficient (Wildman–Crippen LogP) is 0.146. The van der Waals surface area contributed by atoms with Gasteiger partial charge in [-0.05, 0) is 24.8 Å². The van der Waals surface area contributed by atoms with Gasteiger partial charge in [0.2, 0.25) is 5.88 Å². The monoisotopic (exact) mass is 405 g/mol. The van der Waals surface area contributed by atoms with Gasteiger partial charge in [0.15, 0.2) is 5.56 Å². The normalized spacial score (nSPS) is 18.4. The molecule has 10 heteroatoms. The summed E-state index contributed by atoms with van der Waals surface area (Å²) in [6.45, 7) is -0.615. The Labute approximate surface area is 165 Å². The van der Waals surface area contributed by atoms with Gasteiger partial charge < -0.3 is 20.3 Å². The van der Waals surface area contributed by atoms with Crippen LogP contribution in [0.4, 0.5) is 0 Å². The smallest absolute Gasteiger partial charge is 0.338 e. The Morgan fingerprint density at radius 1 is 1.31 bits per heavy atom. The lowest BCUT2D eigenvalue weighted by Crippen LogP contribution is -2.44. The summed E-state index contributed by atoms with van der Waals surface area (Å²) in [4.78, 5) is 48.9. The van der Waals surface area contributed by atoms with Crippen LogP contribution in [-0.4, -0.2) is 51.0 Å². The standard InChI is InChI=1S/C19H23N3O7/c1-29-13-6-4-12(5-7-13)22-18(27)15(16(25)20-10-14(23)24)17(26)21(19(22)28)9-8-11-2-3-11/h4-6,11,13,27H,2-3,7-10H2,1H3,(H,20,25)(H,23,24). The fourth-order valence-corrected chi connectivity index (χ4v) is 3.16. The van der Waals surface area contributed by atoms with Crippen LogP contribution in [0.1, 0.15) is 36.0 Å². The van der Waals surface area contributed by atoms with Gasteiger partial charge in [0.1, 0.15) is 6.54 Å². The Bertz CT molecular complexity index is 998. The molecule has 1 fully saturated rings. The SMILES string of the molecule is COC1C=CC(n2c(O)c(C(=O)NCC(=O)O)c(=O)n(CCC3CC3)c2=O)=CC1. The van der Waals surface area contributed by atoms with Crippen molar-refractivity contribution in [1.29, 1.82) is 0 Å². The number of methoxy groups -OCH3 is 1. The minimum absolute atomic E-state index is 0.111. The Kier molecular flexibility index (Phi) is 6.02. The van der Waals surface area contributed by atoms with E-state index >= 15 is 0 Å². The minimum Gasteiger partial charge on any atom is -0.493 e. The van der Waals surface area contributed by atoms with Crippen LogP contribution >= 0.6 is 0 Å². The maximum atomic E-state index is 13.0. The first-order valence-corrected chi connectivity index (χ1v) is 9.33. The van der Waals surface area contributed by atoms with E-state index < -0.39 is 41.1 Å². The molecule has 0 bridgehead atoms. The molecule has 10 nitrogen and oxygen atoms in total. The van der Waals surface area contributed by atoms with E-state index in [4.69, 9.17) is 9.84 Å². The van der Waals surface area contributed by atoms with Gasteiger partial charge in [-0.1, -0.05) is 25.0 Å². The summed E-state index contributed by atoms with van der Waals surface area (Å²) in [6, 6.07) is 0. The van der Waals surface area contributed by atoms with Gasteiger partial charge in [-0.25, -0.2) is 9.36 Å². The molecular formula is C19H23N3O7. The molecule has 1 saturated carbocycles. The maximum absolute atomic E-state index is 13.0. The van der Waals surface area contributed by atoms with E-state index in [-0.39, 0.29) is 12.6 Å². The molecule has 1 atom stereocenters. The number of rotatable bonds is 8. The molecule has 2 aliphatic rings. The van der Waals surface area contributed by atoms with Crippen molar-refractivity contribution in [1.82, 2.24) is 14.5 Å². The number of carbonyl (C=O) groups is 2. The lowest BCUT2D eigenvalue weighted by Gasteiger charge is -2.19. The van der Waals surface area contributed by atoms with Crippen LogP contribution < -0.4 is 16.6 Å². The number of nitrogens with one attached hydrogen (secondary N) is 1. The van der Waals surface area contributed by atoms with Crippen LogP contribution in [0, 0.1) is 5.92 Å². The molecule has 1 aromatic heterocycles. The van der Waals surface area contributed by atoms with Crippen molar-refractivity contribution in [2.75, 3.05) is 13.7 Å². The number of carboxylic acid groups (broad SMARTS) is 1. The van der Waals surface area contributed by atoms with Crippen molar-refractivity contribution >= 4 is 17.6 Å². The number of ether oxygens (including phenoxy) is 1. The highest BCUT2D eigenvalue weighted by atomic mass is 16.5. The molecule has 3 rings (SSSR count). The van der Waals surface area contributed by atoms with E-state index in [2.05, 4.69) is 5.32 Å². The molecule has 29 heavy (non-hydrogen) atoms. The van der Waals surface area contributed by atoms with Gasteiger partial charge in [0.05, 0.1) is 6.10 Å². The minimum atomic E-state index is -1.30. The number of aromatic nitrogens is 2. The lowest BCUT2D eigenvalue weighted by atomic mass is 10.1. The van der Waals surface area contributed by atoms with E-state index in [9.17, 15) is 24.3 Å². The summed E-state index contributed by atoms with van der Waals surface area (Å²) in [5.41, 5.74) is -2.06. The summed E-state index contributed by atoms with van der Waals surface area (Å²) in [5, 5.41) is 21.4. The zero-order valence-electron chi connectivity index (χ0n) is 16.0. The van der Waals surface area contributed by atoms with Crippen molar-refractivity contribution in [3.63, 3.8) is 0 Å². The van der Waals surface area contributed by atoms with Crippen molar-refractivity contribution in [2.45, 2.75) is 38.3 Å². The number of aromatic hydroxyl groups is 1. The second-order valence-corrected chi connectivity index (χ2v) is 7.08. The molecule has 1 unspecified atom stereocenters.